The van der Waals surface area contributed by atoms with Gasteiger partial charge in [0, 0.05) is 18.7 Å². The minimum absolute atomic E-state index is 0.113. The third-order valence-corrected chi connectivity index (χ3v) is 5.33. The summed E-state index contributed by atoms with van der Waals surface area (Å²) in [5.74, 6) is -1.63. The van der Waals surface area contributed by atoms with Crippen LogP contribution in [0, 0.1) is 21.4 Å². The van der Waals surface area contributed by atoms with Gasteiger partial charge in [0.25, 0.3) is 17.5 Å². The number of nitrogens with zero attached hydrogens (tertiary/aromatic N) is 2. The molecule has 0 heterocycles. The predicted molar refractivity (Wildman–Crippen MR) is 129 cm³/mol. The molecule has 11 heteroatoms. The SMILES string of the molecule is CCCCCc1cc([N+](=O)[O-])ccc1N(C(=O)C(N)CCCNC(=N)N)C(=O)C(N)C(C)C. The van der Waals surface area contributed by atoms with Crippen molar-refractivity contribution in [3.8, 4) is 0 Å². The van der Waals surface area contributed by atoms with E-state index in [9.17, 15) is 19.7 Å². The van der Waals surface area contributed by atoms with Crippen molar-refractivity contribution < 1.29 is 14.5 Å². The number of anilines is 1. The van der Waals surface area contributed by atoms with Gasteiger partial charge in [0.15, 0.2) is 5.96 Å². The maximum atomic E-state index is 13.3. The van der Waals surface area contributed by atoms with Gasteiger partial charge in [-0.25, -0.2) is 4.90 Å². The fourth-order valence-corrected chi connectivity index (χ4v) is 3.28. The Bertz CT molecular complexity index is 844. The van der Waals surface area contributed by atoms with E-state index in [0.717, 1.165) is 24.2 Å². The number of amides is 2. The molecule has 0 aliphatic carbocycles. The van der Waals surface area contributed by atoms with Gasteiger partial charge in [-0.15, -0.1) is 0 Å². The first-order valence-corrected chi connectivity index (χ1v) is 11.2. The van der Waals surface area contributed by atoms with Gasteiger partial charge in [0.05, 0.1) is 22.7 Å². The molecule has 0 saturated heterocycles. The summed E-state index contributed by atoms with van der Waals surface area (Å²) < 4.78 is 0. The average Bonchev–Trinajstić information content (AvgIpc) is 2.76. The number of hydrogen-bond donors (Lipinski definition) is 5. The molecule has 0 aliphatic rings. The topological polar surface area (TPSA) is 194 Å². The smallest absolute Gasteiger partial charge is 0.269 e. The predicted octanol–water partition coefficient (Wildman–Crippen LogP) is 1.76. The number of carbonyl (C=O) groups is 2. The van der Waals surface area contributed by atoms with Crippen LogP contribution in [0.5, 0.6) is 0 Å². The third-order valence-electron chi connectivity index (χ3n) is 5.33. The lowest BCUT2D eigenvalue weighted by atomic mass is 9.99. The van der Waals surface area contributed by atoms with Crippen molar-refractivity contribution in [1.82, 2.24) is 5.32 Å². The Morgan fingerprint density at radius 2 is 1.85 bits per heavy atom. The summed E-state index contributed by atoms with van der Waals surface area (Å²) >= 11 is 0. The summed E-state index contributed by atoms with van der Waals surface area (Å²) in [4.78, 5) is 38.4. The zero-order valence-electron chi connectivity index (χ0n) is 19.7. The van der Waals surface area contributed by atoms with E-state index in [1.54, 1.807) is 13.8 Å². The van der Waals surface area contributed by atoms with Crippen LogP contribution in [-0.2, 0) is 16.0 Å². The molecule has 11 nitrogen and oxygen atoms in total. The molecule has 2 atom stereocenters. The molecular weight excluding hydrogens is 426 g/mol. The van der Waals surface area contributed by atoms with Gasteiger partial charge < -0.3 is 22.5 Å². The van der Waals surface area contributed by atoms with Gasteiger partial charge >= 0.3 is 0 Å². The second kappa shape index (κ2) is 13.5. The molecule has 0 aliphatic heterocycles. The van der Waals surface area contributed by atoms with Crippen molar-refractivity contribution >= 4 is 29.1 Å². The van der Waals surface area contributed by atoms with Crippen molar-refractivity contribution in [3.05, 3.63) is 33.9 Å². The highest BCUT2D eigenvalue weighted by Gasteiger charge is 2.34. The molecule has 1 aromatic rings. The molecule has 2 amide bonds. The number of nitrogens with one attached hydrogen (secondary N) is 2. The molecule has 0 saturated carbocycles. The average molecular weight is 464 g/mol. The van der Waals surface area contributed by atoms with Gasteiger partial charge in [0.1, 0.15) is 0 Å². The van der Waals surface area contributed by atoms with E-state index >= 15 is 0 Å². The normalized spacial score (nSPS) is 12.8. The Morgan fingerprint density at radius 3 is 2.39 bits per heavy atom. The van der Waals surface area contributed by atoms with Crippen molar-refractivity contribution in [2.24, 2.45) is 23.1 Å². The van der Waals surface area contributed by atoms with E-state index in [1.165, 1.54) is 18.2 Å². The summed E-state index contributed by atoms with van der Waals surface area (Å²) in [5.41, 5.74) is 18.2. The summed E-state index contributed by atoms with van der Waals surface area (Å²) in [6, 6.07) is 2.16. The second-order valence-electron chi connectivity index (χ2n) is 8.40. The number of unbranched alkanes of at least 4 members (excludes halogenated alkanes) is 2. The van der Waals surface area contributed by atoms with Crippen LogP contribution in [0.25, 0.3) is 0 Å². The van der Waals surface area contributed by atoms with Crippen molar-refractivity contribution in [2.45, 2.75) is 71.4 Å². The zero-order valence-corrected chi connectivity index (χ0v) is 19.7. The number of benzene rings is 1. The summed E-state index contributed by atoms with van der Waals surface area (Å²) in [7, 11) is 0. The first-order chi connectivity index (χ1) is 15.5. The molecule has 0 fully saturated rings. The van der Waals surface area contributed by atoms with Gasteiger partial charge in [-0.1, -0.05) is 33.6 Å². The van der Waals surface area contributed by atoms with Crippen LogP contribution in [-0.4, -0.2) is 41.3 Å². The Labute approximate surface area is 194 Å². The zero-order chi connectivity index (χ0) is 25.1. The molecule has 33 heavy (non-hydrogen) atoms. The van der Waals surface area contributed by atoms with Gasteiger partial charge in [-0.05, 0) is 43.2 Å². The maximum Gasteiger partial charge on any atom is 0.269 e. The Balaban J connectivity index is 3.35. The van der Waals surface area contributed by atoms with E-state index in [4.69, 9.17) is 22.6 Å². The van der Waals surface area contributed by atoms with E-state index in [0.29, 0.717) is 24.9 Å². The van der Waals surface area contributed by atoms with Crippen LogP contribution in [0.15, 0.2) is 18.2 Å². The monoisotopic (exact) mass is 463 g/mol. The highest BCUT2D eigenvalue weighted by Crippen LogP contribution is 2.29. The van der Waals surface area contributed by atoms with Crippen LogP contribution in [0.2, 0.25) is 0 Å². The molecule has 1 aromatic carbocycles. The fourth-order valence-electron chi connectivity index (χ4n) is 3.28. The number of carbonyl (C=O) groups excluding carboxylic acids is 2. The van der Waals surface area contributed by atoms with Crippen LogP contribution in [0.3, 0.4) is 0 Å². The van der Waals surface area contributed by atoms with Crippen molar-refractivity contribution in [2.75, 3.05) is 11.4 Å². The molecule has 2 unspecified atom stereocenters. The molecule has 0 radical (unpaired) electrons. The Kier molecular flexibility index (Phi) is 11.4. The van der Waals surface area contributed by atoms with Crippen molar-refractivity contribution in [3.63, 3.8) is 0 Å². The van der Waals surface area contributed by atoms with Gasteiger partial charge in [-0.2, -0.15) is 0 Å². The number of non-ortho nitro benzene ring substituents is 1. The summed E-state index contributed by atoms with van der Waals surface area (Å²) in [6.45, 7) is 5.94. The molecule has 0 spiro atoms. The van der Waals surface area contributed by atoms with E-state index in [-0.39, 0.29) is 29.7 Å². The molecule has 1 rings (SSSR count). The van der Waals surface area contributed by atoms with Crippen molar-refractivity contribution in [1.29, 1.82) is 5.41 Å². The van der Waals surface area contributed by atoms with Crippen LogP contribution in [0.4, 0.5) is 11.4 Å². The molecule has 184 valence electrons. The number of rotatable bonds is 13. The summed E-state index contributed by atoms with van der Waals surface area (Å²) in [6.07, 6.45) is 3.77. The first kappa shape index (κ1) is 28.0. The van der Waals surface area contributed by atoms with E-state index in [2.05, 4.69) is 5.32 Å². The first-order valence-electron chi connectivity index (χ1n) is 11.2. The lowest BCUT2D eigenvalue weighted by Crippen LogP contribution is -2.54. The Hall–Kier alpha value is -3.05. The molecule has 8 N–H and O–H groups in total. The number of guanidine groups is 1. The Morgan fingerprint density at radius 1 is 1.18 bits per heavy atom. The number of aryl methyl sites for hydroxylation is 1. The molecular formula is C22H37N7O4. The molecule has 0 bridgehead atoms. The highest BCUT2D eigenvalue weighted by molar-refractivity contribution is 6.18. The highest BCUT2D eigenvalue weighted by atomic mass is 16.6. The third kappa shape index (κ3) is 8.43. The van der Waals surface area contributed by atoms with Gasteiger partial charge in [0.2, 0.25) is 0 Å². The maximum absolute atomic E-state index is 13.3. The number of nitrogens with two attached hydrogens (primary N) is 3. The molecule has 0 aromatic heterocycles. The van der Waals surface area contributed by atoms with Crippen LogP contribution in [0.1, 0.15) is 58.4 Å². The largest absolute Gasteiger partial charge is 0.370 e. The fraction of sp³-hybridized carbons (Fsp3) is 0.591. The van der Waals surface area contributed by atoms with E-state index < -0.39 is 28.8 Å². The second-order valence-corrected chi connectivity index (χ2v) is 8.40. The number of nitro benzene ring substituents is 1. The minimum Gasteiger partial charge on any atom is -0.370 e. The lowest BCUT2D eigenvalue weighted by molar-refractivity contribution is -0.384. The van der Waals surface area contributed by atoms with Crippen LogP contribution >= 0.6 is 0 Å². The number of nitro groups is 1. The number of hydrogen-bond acceptors (Lipinski definition) is 7. The van der Waals surface area contributed by atoms with Gasteiger partial charge in [-0.3, -0.25) is 25.1 Å². The lowest BCUT2D eigenvalue weighted by Gasteiger charge is -2.29. The van der Waals surface area contributed by atoms with Crippen LogP contribution < -0.4 is 27.4 Å². The van der Waals surface area contributed by atoms with E-state index in [1.807, 2.05) is 6.92 Å². The quantitative estimate of drug-likeness (QED) is 0.0959. The summed E-state index contributed by atoms with van der Waals surface area (Å²) in [5, 5.41) is 21.1. The standard InChI is InChI=1S/C22H37N7O4/c1-4-5-6-8-15-13-16(29(32)33)10-11-18(15)28(21(31)19(24)14(2)3)20(30)17(23)9-7-12-27-22(25)26/h10-11,13-14,17,19H,4-9,12,23-24H2,1-3H3,(H4,25,26,27). The minimum atomic E-state index is -0.999. The number of imide groups is 1.